The molecule has 0 spiro atoms. The van der Waals surface area contributed by atoms with Gasteiger partial charge >= 0.3 is 0 Å². The fourth-order valence-electron chi connectivity index (χ4n) is 1.56. The second-order valence-corrected chi connectivity index (χ2v) is 4.64. The quantitative estimate of drug-likeness (QED) is 0.848. The van der Waals surface area contributed by atoms with Gasteiger partial charge in [-0.1, -0.05) is 0 Å². The maximum atomic E-state index is 13.5. The van der Waals surface area contributed by atoms with E-state index in [1.807, 2.05) is 19.0 Å². The van der Waals surface area contributed by atoms with Crippen LogP contribution in [0.25, 0.3) is 0 Å². The van der Waals surface area contributed by atoms with Crippen LogP contribution in [-0.4, -0.2) is 47.3 Å². The summed E-state index contributed by atoms with van der Waals surface area (Å²) in [5, 5.41) is 13.3. The monoisotopic (exact) mass is 294 g/mol. The van der Waals surface area contributed by atoms with E-state index in [1.54, 1.807) is 0 Å². The maximum absolute atomic E-state index is 13.5. The van der Waals surface area contributed by atoms with Gasteiger partial charge in [0.1, 0.15) is 11.6 Å². The summed E-state index contributed by atoms with van der Waals surface area (Å²) in [5.74, 6) is -0.673. The summed E-state index contributed by atoms with van der Waals surface area (Å²) in [5.41, 5.74) is 0.121. The first kappa shape index (κ1) is 15.0. The smallest absolute Gasteiger partial charge is 0.244 e. The third-order valence-corrected chi connectivity index (χ3v) is 2.59. The van der Waals surface area contributed by atoms with Crippen molar-refractivity contribution in [2.75, 3.05) is 37.8 Å². The molecule has 1 heterocycles. The van der Waals surface area contributed by atoms with Crippen LogP contribution in [0.5, 0.6) is 0 Å². The summed E-state index contributed by atoms with van der Waals surface area (Å²) in [4.78, 5) is 6.16. The van der Waals surface area contributed by atoms with Gasteiger partial charge in [-0.05, 0) is 26.2 Å². The number of aromatic nitrogens is 3. The molecule has 2 rings (SSSR count). The SMILES string of the molecule is CN(C)CCNc1nncc(Nc2ccc(F)cc2F)n1. The van der Waals surface area contributed by atoms with Gasteiger partial charge in [0.2, 0.25) is 5.95 Å². The lowest BCUT2D eigenvalue weighted by Crippen LogP contribution is -2.21. The normalized spacial score (nSPS) is 10.7. The predicted molar refractivity (Wildman–Crippen MR) is 76.5 cm³/mol. The van der Waals surface area contributed by atoms with Gasteiger partial charge in [-0.3, -0.25) is 0 Å². The molecule has 6 nitrogen and oxygen atoms in total. The summed E-state index contributed by atoms with van der Waals surface area (Å²) in [6, 6.07) is 3.26. The van der Waals surface area contributed by atoms with Gasteiger partial charge in [0.15, 0.2) is 5.82 Å². The zero-order chi connectivity index (χ0) is 15.2. The first-order chi connectivity index (χ1) is 10.0. The summed E-state index contributed by atoms with van der Waals surface area (Å²) in [6.07, 6.45) is 1.36. The van der Waals surface area contributed by atoms with Crippen molar-refractivity contribution in [3.63, 3.8) is 0 Å². The van der Waals surface area contributed by atoms with E-state index in [9.17, 15) is 8.78 Å². The first-order valence-electron chi connectivity index (χ1n) is 6.35. The minimum atomic E-state index is -0.698. The van der Waals surface area contributed by atoms with Gasteiger partial charge < -0.3 is 15.5 Å². The molecule has 0 bridgehead atoms. The highest BCUT2D eigenvalue weighted by atomic mass is 19.1. The Morgan fingerprint density at radius 2 is 2.05 bits per heavy atom. The molecular weight excluding hydrogens is 278 g/mol. The predicted octanol–water partition coefficient (Wildman–Crippen LogP) is 1.87. The molecule has 0 aliphatic carbocycles. The van der Waals surface area contributed by atoms with Crippen LogP contribution < -0.4 is 10.6 Å². The molecule has 0 amide bonds. The molecule has 0 fully saturated rings. The summed E-state index contributed by atoms with van der Waals surface area (Å²) < 4.78 is 26.4. The molecule has 1 aromatic heterocycles. The molecule has 21 heavy (non-hydrogen) atoms. The van der Waals surface area contributed by atoms with E-state index < -0.39 is 11.6 Å². The van der Waals surface area contributed by atoms with E-state index in [-0.39, 0.29) is 5.69 Å². The average molecular weight is 294 g/mol. The Bertz CT molecular complexity index is 605. The van der Waals surface area contributed by atoms with Crippen molar-refractivity contribution >= 4 is 17.5 Å². The third-order valence-electron chi connectivity index (χ3n) is 2.59. The lowest BCUT2D eigenvalue weighted by molar-refractivity contribution is 0.425. The highest BCUT2D eigenvalue weighted by Crippen LogP contribution is 2.19. The molecule has 112 valence electrons. The molecule has 0 saturated carbocycles. The molecule has 8 heteroatoms. The van der Waals surface area contributed by atoms with Gasteiger partial charge in [0.05, 0.1) is 11.9 Å². The van der Waals surface area contributed by atoms with Crippen LogP contribution in [0, 0.1) is 11.6 Å². The number of nitrogens with one attached hydrogen (secondary N) is 2. The minimum Gasteiger partial charge on any atom is -0.352 e. The summed E-state index contributed by atoms with van der Waals surface area (Å²) in [6.45, 7) is 1.47. The van der Waals surface area contributed by atoms with Crippen LogP contribution in [0.3, 0.4) is 0 Å². The topological polar surface area (TPSA) is 66.0 Å². The van der Waals surface area contributed by atoms with Gasteiger partial charge in [-0.15, -0.1) is 5.10 Å². The lowest BCUT2D eigenvalue weighted by Gasteiger charge is -2.11. The Kier molecular flexibility index (Phi) is 4.94. The van der Waals surface area contributed by atoms with Crippen LogP contribution in [0.2, 0.25) is 0 Å². The van der Waals surface area contributed by atoms with Crippen LogP contribution in [0.15, 0.2) is 24.4 Å². The summed E-state index contributed by atoms with van der Waals surface area (Å²) in [7, 11) is 3.91. The van der Waals surface area contributed by atoms with Crippen LogP contribution in [0.1, 0.15) is 0 Å². The van der Waals surface area contributed by atoms with Crippen molar-refractivity contribution in [3.8, 4) is 0 Å². The highest BCUT2D eigenvalue weighted by molar-refractivity contribution is 5.56. The lowest BCUT2D eigenvalue weighted by atomic mass is 10.3. The van der Waals surface area contributed by atoms with Crippen molar-refractivity contribution in [2.45, 2.75) is 0 Å². The molecule has 2 aromatic rings. The summed E-state index contributed by atoms with van der Waals surface area (Å²) >= 11 is 0. The van der Waals surface area contributed by atoms with Crippen molar-refractivity contribution < 1.29 is 8.78 Å². The fraction of sp³-hybridized carbons (Fsp3) is 0.308. The molecule has 0 radical (unpaired) electrons. The molecule has 1 aromatic carbocycles. The van der Waals surface area contributed by atoms with Crippen molar-refractivity contribution in [1.82, 2.24) is 20.1 Å². The number of anilines is 3. The maximum Gasteiger partial charge on any atom is 0.244 e. The Labute approximate surface area is 121 Å². The second kappa shape index (κ2) is 6.89. The van der Waals surface area contributed by atoms with E-state index in [1.165, 1.54) is 12.3 Å². The van der Waals surface area contributed by atoms with Gasteiger partial charge in [0, 0.05) is 19.2 Å². The van der Waals surface area contributed by atoms with Gasteiger partial charge in [-0.25, -0.2) is 8.78 Å². The number of likely N-dealkylation sites (N-methyl/N-ethyl adjacent to an activating group) is 1. The van der Waals surface area contributed by atoms with E-state index in [4.69, 9.17) is 0 Å². The third kappa shape index (κ3) is 4.60. The molecule has 0 aliphatic rings. The van der Waals surface area contributed by atoms with E-state index >= 15 is 0 Å². The number of hydrogen-bond acceptors (Lipinski definition) is 6. The highest BCUT2D eigenvalue weighted by Gasteiger charge is 2.06. The zero-order valence-corrected chi connectivity index (χ0v) is 11.8. The van der Waals surface area contributed by atoms with Crippen LogP contribution in [0.4, 0.5) is 26.2 Å². The molecule has 0 aliphatic heterocycles. The number of halogens is 2. The van der Waals surface area contributed by atoms with Gasteiger partial charge in [-0.2, -0.15) is 10.1 Å². The number of nitrogens with zero attached hydrogens (tertiary/aromatic N) is 4. The Morgan fingerprint density at radius 3 is 2.76 bits per heavy atom. The Balaban J connectivity index is 2.03. The first-order valence-corrected chi connectivity index (χ1v) is 6.35. The molecule has 0 atom stereocenters. The molecular formula is C13H16F2N6. The minimum absolute atomic E-state index is 0.121. The Morgan fingerprint density at radius 1 is 1.24 bits per heavy atom. The largest absolute Gasteiger partial charge is 0.352 e. The standard InChI is InChI=1S/C13H16F2N6/c1-21(2)6-5-16-13-19-12(8-17-20-13)18-11-4-3-9(14)7-10(11)15/h3-4,7-8H,5-6H2,1-2H3,(H2,16,18,19,20). The van der Waals surface area contributed by atoms with E-state index in [0.29, 0.717) is 18.3 Å². The number of rotatable bonds is 6. The van der Waals surface area contributed by atoms with Crippen molar-refractivity contribution in [3.05, 3.63) is 36.0 Å². The van der Waals surface area contributed by atoms with Crippen LogP contribution >= 0.6 is 0 Å². The molecule has 2 N–H and O–H groups in total. The second-order valence-electron chi connectivity index (χ2n) is 4.64. The van der Waals surface area contributed by atoms with E-state index in [0.717, 1.165) is 18.7 Å². The number of benzene rings is 1. The average Bonchev–Trinajstić information content (AvgIpc) is 2.42. The van der Waals surface area contributed by atoms with Crippen molar-refractivity contribution in [1.29, 1.82) is 0 Å². The molecule has 0 unspecified atom stereocenters. The number of hydrogen-bond donors (Lipinski definition) is 2. The van der Waals surface area contributed by atoms with Crippen molar-refractivity contribution in [2.24, 2.45) is 0 Å². The van der Waals surface area contributed by atoms with E-state index in [2.05, 4.69) is 25.8 Å². The van der Waals surface area contributed by atoms with Crippen LogP contribution in [-0.2, 0) is 0 Å². The zero-order valence-electron chi connectivity index (χ0n) is 11.8. The Hall–Kier alpha value is -2.35. The fourth-order valence-corrected chi connectivity index (χ4v) is 1.56. The molecule has 0 saturated heterocycles. The van der Waals surface area contributed by atoms with Gasteiger partial charge in [0.25, 0.3) is 0 Å².